The van der Waals surface area contributed by atoms with Gasteiger partial charge in [-0.05, 0) is 124 Å². The van der Waals surface area contributed by atoms with Crippen molar-refractivity contribution in [3.05, 3.63) is 41.1 Å². The van der Waals surface area contributed by atoms with Gasteiger partial charge in [0.1, 0.15) is 5.75 Å². The van der Waals surface area contributed by atoms with Gasteiger partial charge in [0.2, 0.25) is 0 Å². The molecule has 3 heterocycles. The Morgan fingerprint density at radius 1 is 1.00 bits per heavy atom. The maximum absolute atomic E-state index is 6.09. The zero-order valence-corrected chi connectivity index (χ0v) is 20.2. The lowest BCUT2D eigenvalue weighted by atomic mass is 9.91. The minimum atomic E-state index is 0.829. The third-order valence-electron chi connectivity index (χ3n) is 8.89. The van der Waals surface area contributed by atoms with E-state index in [0.717, 1.165) is 55.5 Å². The van der Waals surface area contributed by atoms with E-state index in [2.05, 4.69) is 34.5 Å². The Hall–Kier alpha value is -1.65. The molecule has 4 heteroatoms. The Morgan fingerprint density at radius 2 is 1.85 bits per heavy atom. The summed E-state index contributed by atoms with van der Waals surface area (Å²) in [6.45, 7) is 6.72. The summed E-state index contributed by atoms with van der Waals surface area (Å²) in [5.74, 6) is 4.74. The van der Waals surface area contributed by atoms with Crippen LogP contribution >= 0.6 is 0 Å². The van der Waals surface area contributed by atoms with Crippen molar-refractivity contribution in [2.75, 3.05) is 39.3 Å². The zero-order valence-electron chi connectivity index (χ0n) is 20.2. The van der Waals surface area contributed by atoms with E-state index in [0.29, 0.717) is 0 Å². The highest BCUT2D eigenvalue weighted by Crippen LogP contribution is 2.49. The number of hydrogen-bond donors (Lipinski definition) is 1. The maximum Gasteiger partial charge on any atom is 0.119 e. The molecule has 6 rings (SSSR count). The van der Waals surface area contributed by atoms with Gasteiger partial charge >= 0.3 is 0 Å². The molecule has 0 amide bonds. The van der Waals surface area contributed by atoms with Gasteiger partial charge in [-0.15, -0.1) is 0 Å². The smallest absolute Gasteiger partial charge is 0.119 e. The molecule has 1 aromatic rings. The first-order valence-electron chi connectivity index (χ1n) is 13.7. The Labute approximate surface area is 199 Å². The molecule has 0 radical (unpaired) electrons. The highest BCUT2D eigenvalue weighted by atomic mass is 16.5. The van der Waals surface area contributed by atoms with Gasteiger partial charge in [-0.2, -0.15) is 0 Å². The first-order valence-corrected chi connectivity index (χ1v) is 13.7. The van der Waals surface area contributed by atoms with Gasteiger partial charge in [0.25, 0.3) is 0 Å². The Bertz CT molecular complexity index is 879. The Balaban J connectivity index is 0.915. The number of ether oxygens (including phenoxy) is 1. The van der Waals surface area contributed by atoms with E-state index in [1.54, 1.807) is 5.57 Å². The van der Waals surface area contributed by atoms with E-state index in [9.17, 15) is 0 Å². The lowest BCUT2D eigenvalue weighted by Gasteiger charge is -2.31. The van der Waals surface area contributed by atoms with Crippen molar-refractivity contribution in [1.29, 1.82) is 0 Å². The van der Waals surface area contributed by atoms with Gasteiger partial charge in [0.05, 0.1) is 12.3 Å². The van der Waals surface area contributed by atoms with Gasteiger partial charge < -0.3 is 10.1 Å². The van der Waals surface area contributed by atoms with E-state index in [4.69, 9.17) is 9.73 Å². The molecule has 1 N–H and O–H groups in total. The fourth-order valence-corrected chi connectivity index (χ4v) is 6.46. The maximum atomic E-state index is 6.09. The average Bonchev–Trinajstić information content (AvgIpc) is 3.79. The first-order chi connectivity index (χ1) is 16.3. The number of rotatable bonds is 9. The number of aliphatic imine (C=N–C) groups is 1. The molecule has 1 saturated heterocycles. The monoisotopic (exact) mass is 447 g/mol. The van der Waals surface area contributed by atoms with Crippen LogP contribution in [0.5, 0.6) is 5.75 Å². The van der Waals surface area contributed by atoms with Crippen LogP contribution in [-0.2, 0) is 6.42 Å². The van der Waals surface area contributed by atoms with E-state index in [1.165, 1.54) is 94.4 Å². The minimum Gasteiger partial charge on any atom is -0.494 e. The number of nitrogens with zero attached hydrogens (tertiary/aromatic N) is 2. The summed E-state index contributed by atoms with van der Waals surface area (Å²) < 4.78 is 6.09. The molecule has 0 spiro atoms. The second-order valence-electron chi connectivity index (χ2n) is 11.2. The standard InChI is InChI=1S/C29H41N3O/c1-6-26(33-18-13-25-19-27(25)22-9-14-30-15-10-22)7-2-21(1)11-16-32-17-12-24-5-8-28(23-3-4-23)31-29(24)20-32/h1-2,6-7,22-23,25,27,30H,3-5,8-20H2/t25-,27?/m1/s1. The molecule has 2 saturated carbocycles. The normalized spacial score (nSPS) is 28.4. The molecule has 4 nitrogen and oxygen atoms in total. The molecular formula is C29H41N3O. The highest BCUT2D eigenvalue weighted by molar-refractivity contribution is 5.90. The largest absolute Gasteiger partial charge is 0.494 e. The highest BCUT2D eigenvalue weighted by Gasteiger charge is 2.42. The van der Waals surface area contributed by atoms with Gasteiger partial charge in [0.15, 0.2) is 0 Å². The van der Waals surface area contributed by atoms with Crippen molar-refractivity contribution in [2.45, 2.75) is 64.2 Å². The lowest BCUT2D eigenvalue weighted by molar-refractivity contribution is 0.279. The Morgan fingerprint density at radius 3 is 2.67 bits per heavy atom. The fourth-order valence-electron chi connectivity index (χ4n) is 6.46. The van der Waals surface area contributed by atoms with Crippen molar-refractivity contribution in [2.24, 2.45) is 28.7 Å². The van der Waals surface area contributed by atoms with Crippen LogP contribution in [0, 0.1) is 23.7 Å². The lowest BCUT2D eigenvalue weighted by Crippen LogP contribution is -2.34. The third-order valence-corrected chi connectivity index (χ3v) is 8.89. The predicted octanol–water partition coefficient (Wildman–Crippen LogP) is 5.24. The molecule has 1 aromatic carbocycles. The third kappa shape index (κ3) is 5.54. The topological polar surface area (TPSA) is 36.9 Å². The molecule has 3 aliphatic heterocycles. The summed E-state index contributed by atoms with van der Waals surface area (Å²) >= 11 is 0. The van der Waals surface area contributed by atoms with E-state index in [1.807, 2.05) is 0 Å². The first kappa shape index (κ1) is 21.9. The summed E-state index contributed by atoms with van der Waals surface area (Å²) in [5.41, 5.74) is 5.98. The van der Waals surface area contributed by atoms with Gasteiger partial charge in [-0.25, -0.2) is 0 Å². The van der Waals surface area contributed by atoms with Crippen LogP contribution in [0.4, 0.5) is 0 Å². The van der Waals surface area contributed by atoms with Gasteiger partial charge in [-0.1, -0.05) is 12.1 Å². The number of benzene rings is 1. The van der Waals surface area contributed by atoms with Crippen molar-refractivity contribution in [3.63, 3.8) is 0 Å². The fraction of sp³-hybridized carbons (Fsp3) is 0.690. The van der Waals surface area contributed by atoms with Crippen molar-refractivity contribution >= 4 is 5.71 Å². The van der Waals surface area contributed by atoms with Crippen LogP contribution in [0.15, 0.2) is 40.5 Å². The number of piperidine rings is 1. The summed E-state index contributed by atoms with van der Waals surface area (Å²) in [4.78, 5) is 7.70. The molecule has 2 aliphatic carbocycles. The number of hydrogen-bond acceptors (Lipinski definition) is 4. The van der Waals surface area contributed by atoms with Gasteiger partial charge in [-0.3, -0.25) is 9.89 Å². The van der Waals surface area contributed by atoms with Crippen molar-refractivity contribution in [3.8, 4) is 5.75 Å². The molecule has 2 atom stereocenters. The van der Waals surface area contributed by atoms with Crippen LogP contribution < -0.4 is 10.1 Å². The van der Waals surface area contributed by atoms with E-state index < -0.39 is 0 Å². The molecular weight excluding hydrogens is 406 g/mol. The van der Waals surface area contributed by atoms with Crippen LogP contribution in [-0.4, -0.2) is 49.9 Å². The summed E-state index contributed by atoms with van der Waals surface area (Å²) in [7, 11) is 0. The number of nitrogens with one attached hydrogen (secondary N) is 1. The van der Waals surface area contributed by atoms with Crippen LogP contribution in [0.25, 0.3) is 0 Å². The second kappa shape index (κ2) is 9.92. The Kier molecular flexibility index (Phi) is 6.57. The molecule has 1 unspecified atom stereocenters. The molecule has 3 fully saturated rings. The van der Waals surface area contributed by atoms with Gasteiger partial charge in [0, 0.05) is 25.3 Å². The average molecular weight is 448 g/mol. The molecule has 0 aromatic heterocycles. The molecule has 0 bridgehead atoms. The summed E-state index contributed by atoms with van der Waals surface area (Å²) in [6, 6.07) is 8.89. The van der Waals surface area contributed by atoms with Crippen molar-refractivity contribution in [1.82, 2.24) is 10.2 Å². The van der Waals surface area contributed by atoms with Crippen LogP contribution in [0.2, 0.25) is 0 Å². The molecule has 33 heavy (non-hydrogen) atoms. The SMILES string of the molecule is c1cc(OCC[C@@H]2CC2C2CCNCC2)ccc1CCN1CCC2=C(C1)N=C(C1CC1)CC2. The molecule has 5 aliphatic rings. The summed E-state index contributed by atoms with van der Waals surface area (Å²) in [6.07, 6.45) is 13.0. The zero-order chi connectivity index (χ0) is 22.0. The summed E-state index contributed by atoms with van der Waals surface area (Å²) in [5, 5.41) is 3.49. The van der Waals surface area contributed by atoms with Crippen molar-refractivity contribution < 1.29 is 4.74 Å². The van der Waals surface area contributed by atoms with Crippen LogP contribution in [0.1, 0.15) is 63.4 Å². The minimum absolute atomic E-state index is 0.829. The second-order valence-corrected chi connectivity index (χ2v) is 11.2. The van der Waals surface area contributed by atoms with Crippen LogP contribution in [0.3, 0.4) is 0 Å². The predicted molar refractivity (Wildman–Crippen MR) is 135 cm³/mol. The van der Waals surface area contributed by atoms with E-state index in [-0.39, 0.29) is 0 Å². The van der Waals surface area contributed by atoms with E-state index >= 15 is 0 Å². The molecule has 178 valence electrons. The quantitative estimate of drug-likeness (QED) is 0.563.